The summed E-state index contributed by atoms with van der Waals surface area (Å²) in [4.78, 5) is 4.71. The number of hydrogen-bond donors (Lipinski definition) is 0. The molecule has 2 nitrogen and oxygen atoms in total. The van der Waals surface area contributed by atoms with E-state index in [0.717, 1.165) is 24.5 Å². The van der Waals surface area contributed by atoms with Gasteiger partial charge >= 0.3 is 0 Å². The Morgan fingerprint density at radius 1 is 1.50 bits per heavy atom. The topological polar surface area (TPSA) is 21.6 Å². The summed E-state index contributed by atoms with van der Waals surface area (Å²) >= 11 is 0. The lowest BCUT2D eigenvalue weighted by atomic mass is 9.93. The molecule has 0 heterocycles. The van der Waals surface area contributed by atoms with Crippen LogP contribution in [0.1, 0.15) is 32.6 Å². The summed E-state index contributed by atoms with van der Waals surface area (Å²) in [6.45, 7) is 2.74. The van der Waals surface area contributed by atoms with Gasteiger partial charge in [-0.2, -0.15) is 0 Å². The normalized spacial score (nSPS) is 24.6. The van der Waals surface area contributed by atoms with Crippen molar-refractivity contribution in [2.24, 2.45) is 4.99 Å². The van der Waals surface area contributed by atoms with E-state index in [0.29, 0.717) is 6.04 Å². The van der Waals surface area contributed by atoms with Gasteiger partial charge in [0.1, 0.15) is 5.76 Å². The van der Waals surface area contributed by atoms with Crippen molar-refractivity contribution in [1.82, 2.24) is 0 Å². The van der Waals surface area contributed by atoms with E-state index in [-0.39, 0.29) is 0 Å². The summed E-state index contributed by atoms with van der Waals surface area (Å²) < 4.78 is 5.54. The molecule has 0 spiro atoms. The van der Waals surface area contributed by atoms with Crippen LogP contribution in [0.3, 0.4) is 0 Å². The Labute approximate surface area is 85.4 Å². The maximum Gasteiger partial charge on any atom is 0.140 e. The zero-order chi connectivity index (χ0) is 9.80. The molecule has 0 aliphatic heterocycles. The molecule has 0 amide bonds. The van der Waals surface area contributed by atoms with Crippen LogP contribution in [-0.4, -0.2) is 18.4 Å². The van der Waals surface area contributed by atoms with E-state index < -0.39 is 0 Å². The lowest BCUT2D eigenvalue weighted by molar-refractivity contribution is 0.247. The van der Waals surface area contributed by atoms with Crippen molar-refractivity contribution in [2.45, 2.75) is 38.6 Å². The van der Waals surface area contributed by atoms with Gasteiger partial charge in [0.15, 0.2) is 0 Å². The average molecular weight is 191 g/mol. The third-order valence-corrected chi connectivity index (χ3v) is 2.69. The standard InChI is InChI=1S/C12H17NO/c1-2-14-12-9-4-3-8-11(12)13-10-6-5-7-10/h3-4,9-10H,2,5-8H2,1H3. The maximum atomic E-state index is 5.54. The summed E-state index contributed by atoms with van der Waals surface area (Å²) in [6.07, 6.45) is 11.0. The molecular formula is C12H17NO. The smallest absolute Gasteiger partial charge is 0.140 e. The minimum atomic E-state index is 0.570. The second-order valence-corrected chi connectivity index (χ2v) is 3.76. The van der Waals surface area contributed by atoms with Crippen molar-refractivity contribution in [3.8, 4) is 0 Å². The molecule has 0 aromatic carbocycles. The molecular weight excluding hydrogens is 174 g/mol. The lowest BCUT2D eigenvalue weighted by Gasteiger charge is -2.23. The van der Waals surface area contributed by atoms with Gasteiger partial charge < -0.3 is 4.74 Å². The van der Waals surface area contributed by atoms with E-state index in [1.807, 2.05) is 19.1 Å². The fourth-order valence-corrected chi connectivity index (χ4v) is 1.67. The zero-order valence-corrected chi connectivity index (χ0v) is 8.70. The SMILES string of the molecule is CCOC1=CC=CCC1=NC1CCC1. The number of ether oxygens (including phenoxy) is 1. The molecule has 0 bridgehead atoms. The first-order valence-electron chi connectivity index (χ1n) is 5.47. The molecule has 0 aromatic rings. The molecule has 1 fully saturated rings. The third-order valence-electron chi connectivity index (χ3n) is 2.69. The quantitative estimate of drug-likeness (QED) is 0.672. The van der Waals surface area contributed by atoms with Crippen LogP contribution in [0, 0.1) is 0 Å². The Hall–Kier alpha value is -1.05. The molecule has 76 valence electrons. The summed E-state index contributed by atoms with van der Waals surface area (Å²) in [7, 11) is 0. The van der Waals surface area contributed by atoms with E-state index in [1.54, 1.807) is 0 Å². The first-order valence-corrected chi connectivity index (χ1v) is 5.47. The zero-order valence-electron chi connectivity index (χ0n) is 8.70. The van der Waals surface area contributed by atoms with E-state index in [4.69, 9.17) is 9.73 Å². The fraction of sp³-hybridized carbons (Fsp3) is 0.583. The van der Waals surface area contributed by atoms with Gasteiger partial charge in [0, 0.05) is 6.42 Å². The van der Waals surface area contributed by atoms with Gasteiger partial charge in [-0.25, -0.2) is 0 Å². The highest BCUT2D eigenvalue weighted by molar-refractivity contribution is 6.00. The number of hydrogen-bond acceptors (Lipinski definition) is 2. The molecule has 2 aliphatic carbocycles. The van der Waals surface area contributed by atoms with Crippen molar-refractivity contribution in [3.05, 3.63) is 24.0 Å². The van der Waals surface area contributed by atoms with E-state index in [9.17, 15) is 0 Å². The predicted molar refractivity (Wildman–Crippen MR) is 58.5 cm³/mol. The highest BCUT2D eigenvalue weighted by atomic mass is 16.5. The highest BCUT2D eigenvalue weighted by Gasteiger charge is 2.18. The van der Waals surface area contributed by atoms with Crippen LogP contribution in [0.25, 0.3) is 0 Å². The van der Waals surface area contributed by atoms with Gasteiger partial charge in [0.05, 0.1) is 18.4 Å². The molecule has 0 radical (unpaired) electrons. The number of rotatable bonds is 3. The van der Waals surface area contributed by atoms with E-state index in [2.05, 4.69) is 6.08 Å². The van der Waals surface area contributed by atoms with Crippen molar-refractivity contribution < 1.29 is 4.74 Å². The van der Waals surface area contributed by atoms with Gasteiger partial charge in [-0.1, -0.05) is 12.2 Å². The summed E-state index contributed by atoms with van der Waals surface area (Å²) in [6, 6.07) is 0.570. The van der Waals surface area contributed by atoms with Gasteiger partial charge in [0.2, 0.25) is 0 Å². The Kier molecular flexibility index (Phi) is 3.02. The molecule has 0 N–H and O–H groups in total. The van der Waals surface area contributed by atoms with Gasteiger partial charge in [-0.05, 0) is 32.3 Å². The Morgan fingerprint density at radius 2 is 2.36 bits per heavy atom. The molecule has 1 saturated carbocycles. The second kappa shape index (κ2) is 4.45. The molecule has 2 heteroatoms. The molecule has 2 aliphatic rings. The molecule has 0 aromatic heterocycles. The van der Waals surface area contributed by atoms with Crippen LogP contribution in [0.2, 0.25) is 0 Å². The summed E-state index contributed by atoms with van der Waals surface area (Å²) in [5.41, 5.74) is 1.14. The summed E-state index contributed by atoms with van der Waals surface area (Å²) in [5, 5.41) is 0. The van der Waals surface area contributed by atoms with Crippen LogP contribution in [-0.2, 0) is 4.74 Å². The van der Waals surface area contributed by atoms with E-state index in [1.165, 1.54) is 19.3 Å². The highest BCUT2D eigenvalue weighted by Crippen LogP contribution is 2.24. The van der Waals surface area contributed by atoms with Crippen LogP contribution in [0.4, 0.5) is 0 Å². The Morgan fingerprint density at radius 3 is 3.00 bits per heavy atom. The molecule has 0 unspecified atom stereocenters. The van der Waals surface area contributed by atoms with Crippen LogP contribution in [0.15, 0.2) is 29.0 Å². The predicted octanol–water partition coefficient (Wildman–Crippen LogP) is 2.86. The van der Waals surface area contributed by atoms with Crippen molar-refractivity contribution >= 4 is 5.71 Å². The van der Waals surface area contributed by atoms with E-state index >= 15 is 0 Å². The monoisotopic (exact) mass is 191 g/mol. The average Bonchev–Trinajstić information content (AvgIpc) is 2.14. The maximum absolute atomic E-state index is 5.54. The van der Waals surface area contributed by atoms with Crippen molar-refractivity contribution in [3.63, 3.8) is 0 Å². The number of allylic oxidation sites excluding steroid dienone is 4. The van der Waals surface area contributed by atoms with Crippen molar-refractivity contribution in [1.29, 1.82) is 0 Å². The number of aliphatic imine (C=N–C) groups is 1. The second-order valence-electron chi connectivity index (χ2n) is 3.76. The minimum Gasteiger partial charge on any atom is -0.492 e. The Balaban J connectivity index is 2.05. The first kappa shape index (κ1) is 9.50. The molecule has 14 heavy (non-hydrogen) atoms. The first-order chi connectivity index (χ1) is 6.90. The minimum absolute atomic E-state index is 0.570. The van der Waals surface area contributed by atoms with Gasteiger partial charge in [-0.15, -0.1) is 0 Å². The fourth-order valence-electron chi connectivity index (χ4n) is 1.67. The van der Waals surface area contributed by atoms with Gasteiger partial charge in [-0.3, -0.25) is 4.99 Å². The largest absolute Gasteiger partial charge is 0.492 e. The Bertz CT molecular complexity index is 285. The van der Waals surface area contributed by atoms with Crippen LogP contribution in [0.5, 0.6) is 0 Å². The van der Waals surface area contributed by atoms with Gasteiger partial charge in [0.25, 0.3) is 0 Å². The molecule has 0 saturated heterocycles. The number of nitrogens with zero attached hydrogens (tertiary/aromatic N) is 1. The lowest BCUT2D eigenvalue weighted by Crippen LogP contribution is -2.19. The van der Waals surface area contributed by atoms with Crippen molar-refractivity contribution in [2.75, 3.05) is 6.61 Å². The van der Waals surface area contributed by atoms with Crippen LogP contribution < -0.4 is 0 Å². The third kappa shape index (κ3) is 2.06. The summed E-state index contributed by atoms with van der Waals surface area (Å²) in [5.74, 6) is 0.974. The van der Waals surface area contributed by atoms with Crippen LogP contribution >= 0.6 is 0 Å². The molecule has 0 atom stereocenters. The molecule has 2 rings (SSSR count).